The minimum atomic E-state index is -0.169. The number of benzene rings is 1. The van der Waals surface area contributed by atoms with Gasteiger partial charge in [-0.1, -0.05) is 6.08 Å². The van der Waals surface area contributed by atoms with Gasteiger partial charge in [-0.25, -0.2) is 4.68 Å². The molecule has 6 heteroatoms. The van der Waals surface area contributed by atoms with Crippen molar-refractivity contribution in [1.82, 2.24) is 4.68 Å². The van der Waals surface area contributed by atoms with E-state index in [0.29, 0.717) is 12.1 Å². The Hall–Kier alpha value is -2.34. The summed E-state index contributed by atoms with van der Waals surface area (Å²) in [6.07, 6.45) is 3.33. The summed E-state index contributed by atoms with van der Waals surface area (Å²) >= 11 is 1.50. The Kier molecular flexibility index (Phi) is 4.37. The number of phenols is 2. The molecule has 0 atom stereocenters. The molecule has 5 nitrogen and oxygen atoms in total. The van der Waals surface area contributed by atoms with Crippen molar-refractivity contribution in [1.29, 1.82) is 0 Å². The van der Waals surface area contributed by atoms with Gasteiger partial charge in [-0.3, -0.25) is 4.99 Å². The van der Waals surface area contributed by atoms with E-state index in [1.54, 1.807) is 23.0 Å². The third kappa shape index (κ3) is 3.16. The number of hydrogen-bond acceptors (Lipinski definition) is 5. The number of rotatable bonds is 4. The number of nitrogens with zero attached hydrogens (tertiary/aromatic N) is 3. The number of hydrogen-bond donors (Lipinski definition) is 2. The predicted octanol–water partition coefficient (Wildman–Crippen LogP) is 2.24. The zero-order valence-electron chi connectivity index (χ0n) is 11.0. The van der Waals surface area contributed by atoms with E-state index in [-0.39, 0.29) is 11.5 Å². The molecule has 0 amide bonds. The lowest BCUT2D eigenvalue weighted by molar-refractivity contribution is 0.403. The van der Waals surface area contributed by atoms with Crippen LogP contribution < -0.4 is 4.80 Å². The maximum Gasteiger partial charge on any atom is 0.206 e. The van der Waals surface area contributed by atoms with E-state index in [1.807, 2.05) is 12.3 Å². The van der Waals surface area contributed by atoms with Crippen LogP contribution in [0.5, 0.6) is 11.5 Å². The summed E-state index contributed by atoms with van der Waals surface area (Å²) in [5, 5.41) is 25.0. The van der Waals surface area contributed by atoms with E-state index < -0.39 is 0 Å². The SMILES string of the molecule is C=CCN=c1scc(C)n1N=Cc1ccc(O)c(O)c1. The lowest BCUT2D eigenvalue weighted by Crippen LogP contribution is -2.12. The van der Waals surface area contributed by atoms with Crippen molar-refractivity contribution in [3.63, 3.8) is 0 Å². The average molecular weight is 289 g/mol. The van der Waals surface area contributed by atoms with Crippen LogP contribution in [0.1, 0.15) is 11.3 Å². The highest BCUT2D eigenvalue weighted by Gasteiger charge is 2.00. The third-order valence-electron chi connectivity index (χ3n) is 2.53. The molecule has 0 bridgehead atoms. The molecular weight excluding hydrogens is 274 g/mol. The number of thiazole rings is 1. The zero-order chi connectivity index (χ0) is 14.5. The van der Waals surface area contributed by atoms with Crippen LogP contribution in [0.4, 0.5) is 0 Å². The van der Waals surface area contributed by atoms with Crippen molar-refractivity contribution in [2.24, 2.45) is 10.1 Å². The predicted molar refractivity (Wildman–Crippen MR) is 80.4 cm³/mol. The number of aromatic nitrogens is 1. The molecule has 0 fully saturated rings. The van der Waals surface area contributed by atoms with E-state index in [9.17, 15) is 10.2 Å². The monoisotopic (exact) mass is 289 g/mol. The normalized spacial score (nSPS) is 12.2. The molecule has 1 heterocycles. The van der Waals surface area contributed by atoms with Gasteiger partial charge in [0.1, 0.15) is 0 Å². The zero-order valence-corrected chi connectivity index (χ0v) is 11.8. The lowest BCUT2D eigenvalue weighted by Gasteiger charge is -2.00. The Morgan fingerprint density at radius 1 is 1.35 bits per heavy atom. The quantitative estimate of drug-likeness (QED) is 0.515. The number of aryl methyl sites for hydroxylation is 1. The minimum absolute atomic E-state index is 0.150. The van der Waals surface area contributed by atoms with Gasteiger partial charge in [0.15, 0.2) is 11.5 Å². The fourth-order valence-corrected chi connectivity index (χ4v) is 2.34. The Labute approximate surface area is 120 Å². The Balaban J connectivity index is 2.33. The van der Waals surface area contributed by atoms with Crippen molar-refractivity contribution < 1.29 is 10.2 Å². The summed E-state index contributed by atoms with van der Waals surface area (Å²) in [5.41, 5.74) is 1.66. The summed E-state index contributed by atoms with van der Waals surface area (Å²) in [7, 11) is 0. The van der Waals surface area contributed by atoms with Gasteiger partial charge in [0.05, 0.1) is 18.5 Å². The fourth-order valence-electron chi connectivity index (χ4n) is 1.52. The highest BCUT2D eigenvalue weighted by atomic mass is 32.1. The molecule has 0 saturated heterocycles. The number of aromatic hydroxyl groups is 2. The summed E-state index contributed by atoms with van der Waals surface area (Å²) in [4.78, 5) is 5.13. The lowest BCUT2D eigenvalue weighted by atomic mass is 10.2. The Bertz CT molecular complexity index is 713. The molecule has 2 aromatic rings. The average Bonchev–Trinajstić information content (AvgIpc) is 2.78. The maximum absolute atomic E-state index is 9.44. The molecule has 0 radical (unpaired) electrons. The molecule has 1 aromatic carbocycles. The molecule has 0 aliphatic carbocycles. The maximum atomic E-state index is 9.44. The van der Waals surface area contributed by atoms with E-state index in [0.717, 1.165) is 10.5 Å². The third-order valence-corrected chi connectivity index (χ3v) is 3.50. The van der Waals surface area contributed by atoms with Crippen LogP contribution >= 0.6 is 11.3 Å². The van der Waals surface area contributed by atoms with E-state index in [4.69, 9.17) is 0 Å². The highest BCUT2D eigenvalue weighted by Crippen LogP contribution is 2.24. The number of phenolic OH excluding ortho intramolecular Hbond substituents is 2. The van der Waals surface area contributed by atoms with Crippen LogP contribution in [-0.4, -0.2) is 27.6 Å². The van der Waals surface area contributed by atoms with Crippen LogP contribution in [0.15, 0.2) is 46.3 Å². The molecular formula is C14H15N3O2S. The summed E-state index contributed by atoms with van der Waals surface area (Å²) in [5.74, 6) is -0.319. The minimum Gasteiger partial charge on any atom is -0.504 e. The second-order valence-corrected chi connectivity index (χ2v) is 4.93. The van der Waals surface area contributed by atoms with Crippen LogP contribution in [-0.2, 0) is 0 Å². The molecule has 0 aliphatic rings. The standard InChI is InChI=1S/C14H15N3O2S/c1-3-6-15-14-17(10(2)9-20-14)16-8-11-4-5-12(18)13(19)7-11/h3-5,7-9,18-19H,1,6H2,2H3. The summed E-state index contributed by atoms with van der Waals surface area (Å²) in [6, 6.07) is 4.54. The first kappa shape index (κ1) is 14.1. The molecule has 0 spiro atoms. The highest BCUT2D eigenvalue weighted by molar-refractivity contribution is 7.07. The summed E-state index contributed by atoms with van der Waals surface area (Å²) < 4.78 is 1.72. The van der Waals surface area contributed by atoms with Gasteiger partial charge < -0.3 is 10.2 Å². The van der Waals surface area contributed by atoms with Crippen LogP contribution in [0.3, 0.4) is 0 Å². The van der Waals surface area contributed by atoms with Crippen molar-refractivity contribution in [3.05, 3.63) is 52.3 Å². The first-order valence-electron chi connectivity index (χ1n) is 5.96. The topological polar surface area (TPSA) is 70.1 Å². The van der Waals surface area contributed by atoms with E-state index in [2.05, 4.69) is 16.7 Å². The van der Waals surface area contributed by atoms with Crippen LogP contribution in [0.25, 0.3) is 0 Å². The van der Waals surface area contributed by atoms with Gasteiger partial charge in [-0.2, -0.15) is 5.10 Å². The van der Waals surface area contributed by atoms with Crippen molar-refractivity contribution in [2.45, 2.75) is 6.92 Å². The Morgan fingerprint density at radius 3 is 2.85 bits per heavy atom. The van der Waals surface area contributed by atoms with Gasteiger partial charge in [-0.05, 0) is 30.7 Å². The van der Waals surface area contributed by atoms with Gasteiger partial charge >= 0.3 is 0 Å². The fraction of sp³-hybridized carbons (Fsp3) is 0.143. The smallest absolute Gasteiger partial charge is 0.206 e. The Morgan fingerprint density at radius 2 is 2.15 bits per heavy atom. The van der Waals surface area contributed by atoms with Gasteiger partial charge in [-0.15, -0.1) is 17.9 Å². The molecule has 20 heavy (non-hydrogen) atoms. The second-order valence-electron chi connectivity index (χ2n) is 4.09. The molecule has 0 saturated carbocycles. The second kappa shape index (κ2) is 6.21. The van der Waals surface area contributed by atoms with Crippen LogP contribution in [0, 0.1) is 6.92 Å². The molecule has 2 N–H and O–H groups in total. The molecule has 0 aliphatic heterocycles. The molecule has 1 aromatic heterocycles. The molecule has 104 valence electrons. The van der Waals surface area contributed by atoms with Crippen LogP contribution in [0.2, 0.25) is 0 Å². The van der Waals surface area contributed by atoms with E-state index in [1.165, 1.54) is 23.5 Å². The first-order chi connectivity index (χ1) is 9.61. The summed E-state index contributed by atoms with van der Waals surface area (Å²) in [6.45, 7) is 6.11. The van der Waals surface area contributed by atoms with Crippen molar-refractivity contribution in [2.75, 3.05) is 6.54 Å². The van der Waals surface area contributed by atoms with E-state index >= 15 is 0 Å². The first-order valence-corrected chi connectivity index (χ1v) is 6.84. The van der Waals surface area contributed by atoms with Gasteiger partial charge in [0.25, 0.3) is 0 Å². The molecule has 2 rings (SSSR count). The van der Waals surface area contributed by atoms with Gasteiger partial charge in [0, 0.05) is 5.38 Å². The van der Waals surface area contributed by atoms with Crippen molar-refractivity contribution in [3.8, 4) is 11.5 Å². The van der Waals surface area contributed by atoms with Gasteiger partial charge in [0.2, 0.25) is 4.80 Å². The largest absolute Gasteiger partial charge is 0.504 e. The van der Waals surface area contributed by atoms with Crippen molar-refractivity contribution >= 4 is 17.6 Å². The molecule has 0 unspecified atom stereocenters.